The third kappa shape index (κ3) is 2.28. The fraction of sp³-hybridized carbons (Fsp3) is 0.167. The maximum Gasteiger partial charge on any atom is 0.360 e. The highest BCUT2D eigenvalue weighted by Gasteiger charge is 2.56. The van der Waals surface area contributed by atoms with E-state index in [1.807, 2.05) is 48.5 Å². The maximum atomic E-state index is 12.1. The highest BCUT2D eigenvalue weighted by atomic mass is 16.4. The molecular weight excluding hydrogens is 320 g/mol. The van der Waals surface area contributed by atoms with Crippen LogP contribution in [0.2, 0.25) is 0 Å². The number of aliphatic hydroxyl groups is 1. The number of anilines is 1. The van der Waals surface area contributed by atoms with E-state index in [2.05, 4.69) is 15.4 Å². The molecule has 0 amide bonds. The number of nitrogens with one attached hydrogen (secondary N) is 1. The number of carboxylic acids is 1. The van der Waals surface area contributed by atoms with Crippen molar-refractivity contribution in [1.82, 2.24) is 14.8 Å². The van der Waals surface area contributed by atoms with E-state index < -0.39 is 23.7 Å². The van der Waals surface area contributed by atoms with E-state index in [1.165, 1.54) is 6.33 Å². The zero-order valence-electron chi connectivity index (χ0n) is 13.1. The predicted octanol–water partition coefficient (Wildman–Crippen LogP) is 1.96. The molecule has 0 saturated heterocycles. The summed E-state index contributed by atoms with van der Waals surface area (Å²) in [7, 11) is 0. The zero-order chi connectivity index (χ0) is 17.4. The first-order chi connectivity index (χ1) is 12.1. The molecule has 25 heavy (non-hydrogen) atoms. The number of benzene rings is 2. The summed E-state index contributed by atoms with van der Waals surface area (Å²) in [5.41, 5.74) is -0.723. The number of rotatable bonds is 3. The van der Waals surface area contributed by atoms with E-state index in [9.17, 15) is 15.0 Å². The van der Waals surface area contributed by atoms with E-state index in [4.69, 9.17) is 0 Å². The van der Waals surface area contributed by atoms with Crippen LogP contribution in [0.1, 0.15) is 23.1 Å². The number of aromatic nitrogens is 3. The van der Waals surface area contributed by atoms with E-state index in [0.29, 0.717) is 5.56 Å². The second-order valence-electron chi connectivity index (χ2n) is 5.95. The Hall–Kier alpha value is -3.19. The number of carbonyl (C=O) groups is 1. The Kier molecular flexibility index (Phi) is 3.51. The van der Waals surface area contributed by atoms with Crippen molar-refractivity contribution >= 4 is 11.9 Å². The van der Waals surface area contributed by atoms with Gasteiger partial charge in [0.05, 0.1) is 12.0 Å². The van der Waals surface area contributed by atoms with Gasteiger partial charge >= 0.3 is 5.97 Å². The molecular formula is C18H16N4O3. The lowest BCUT2D eigenvalue weighted by molar-refractivity contribution is -0.179. The summed E-state index contributed by atoms with van der Waals surface area (Å²) in [5.74, 6) is -1.97. The summed E-state index contributed by atoms with van der Waals surface area (Å²) >= 11 is 0. The van der Waals surface area contributed by atoms with Gasteiger partial charge in [0.15, 0.2) is 0 Å². The van der Waals surface area contributed by atoms with Crippen LogP contribution in [-0.4, -0.2) is 30.9 Å². The minimum absolute atomic E-state index is 0.214. The third-order valence-electron chi connectivity index (χ3n) is 4.55. The minimum atomic E-state index is -2.26. The summed E-state index contributed by atoms with van der Waals surface area (Å²) < 4.78 is 1.03. The molecule has 0 radical (unpaired) electrons. The van der Waals surface area contributed by atoms with E-state index >= 15 is 0 Å². The molecule has 126 valence electrons. The van der Waals surface area contributed by atoms with Crippen molar-refractivity contribution in [3.8, 4) is 0 Å². The molecule has 0 spiro atoms. The minimum Gasteiger partial charge on any atom is -0.478 e. The van der Waals surface area contributed by atoms with Crippen LogP contribution in [0.15, 0.2) is 67.0 Å². The van der Waals surface area contributed by atoms with Gasteiger partial charge in [-0.2, -0.15) is 14.8 Å². The molecule has 0 aliphatic carbocycles. The van der Waals surface area contributed by atoms with Gasteiger partial charge in [0.1, 0.15) is 6.33 Å². The summed E-state index contributed by atoms with van der Waals surface area (Å²) in [4.78, 5) is 16.2. The maximum absolute atomic E-state index is 12.1. The van der Waals surface area contributed by atoms with E-state index in [-0.39, 0.29) is 5.95 Å². The highest BCUT2D eigenvalue weighted by molar-refractivity contribution is 5.78. The van der Waals surface area contributed by atoms with Gasteiger partial charge in [0.25, 0.3) is 5.72 Å². The van der Waals surface area contributed by atoms with Gasteiger partial charge in [-0.3, -0.25) is 0 Å². The van der Waals surface area contributed by atoms with Crippen molar-refractivity contribution in [2.45, 2.75) is 17.7 Å². The summed E-state index contributed by atoms with van der Waals surface area (Å²) in [6.07, 6.45) is 1.23. The van der Waals surface area contributed by atoms with Gasteiger partial charge in [-0.25, -0.2) is 4.79 Å². The molecule has 3 atom stereocenters. The van der Waals surface area contributed by atoms with E-state index in [1.54, 1.807) is 12.1 Å². The van der Waals surface area contributed by atoms with Crippen LogP contribution in [0.3, 0.4) is 0 Å². The molecule has 1 aromatic heterocycles. The quantitative estimate of drug-likeness (QED) is 0.676. The fourth-order valence-electron chi connectivity index (χ4n) is 3.42. The molecule has 0 saturated carbocycles. The Labute approximate surface area is 143 Å². The Balaban J connectivity index is 1.97. The van der Waals surface area contributed by atoms with Crippen molar-refractivity contribution in [3.63, 3.8) is 0 Å². The smallest absolute Gasteiger partial charge is 0.360 e. The van der Waals surface area contributed by atoms with Gasteiger partial charge in [0, 0.05) is 0 Å². The molecule has 2 heterocycles. The van der Waals surface area contributed by atoms with Crippen LogP contribution in [0.25, 0.3) is 0 Å². The van der Waals surface area contributed by atoms with Gasteiger partial charge in [-0.05, 0) is 11.1 Å². The molecule has 7 heteroatoms. The third-order valence-corrected chi connectivity index (χ3v) is 4.55. The van der Waals surface area contributed by atoms with Gasteiger partial charge in [-0.1, -0.05) is 60.7 Å². The average Bonchev–Trinajstić information content (AvgIpc) is 3.12. The number of fused-ring (bicyclic) bond motifs is 1. The lowest BCUT2D eigenvalue weighted by Crippen LogP contribution is -2.54. The van der Waals surface area contributed by atoms with Crippen molar-refractivity contribution in [2.24, 2.45) is 0 Å². The first-order valence-corrected chi connectivity index (χ1v) is 7.85. The number of hydrogen-bond acceptors (Lipinski definition) is 5. The number of aliphatic carboxylic acids is 1. The standard InChI is InChI=1S/C18H16N4O3/c23-16(24)18(25)14(12-7-3-1-4-8-12)15(13-9-5-2-6-10-13)21-17-19-11-20-22(17)18/h1-11,14-15,25H,(H,23,24)(H,19,20,21)/t14-,15+,18-/m1/s1. The summed E-state index contributed by atoms with van der Waals surface area (Å²) in [5, 5.41) is 28.3. The first kappa shape index (κ1) is 15.3. The van der Waals surface area contributed by atoms with Gasteiger partial charge in [0.2, 0.25) is 5.95 Å². The molecule has 0 bridgehead atoms. The molecule has 1 aliphatic heterocycles. The molecule has 1 aliphatic rings. The largest absolute Gasteiger partial charge is 0.478 e. The van der Waals surface area contributed by atoms with Gasteiger partial charge in [-0.15, -0.1) is 0 Å². The average molecular weight is 336 g/mol. The van der Waals surface area contributed by atoms with Crippen LogP contribution in [0.4, 0.5) is 5.95 Å². The second kappa shape index (κ2) is 5.71. The summed E-state index contributed by atoms with van der Waals surface area (Å²) in [6, 6.07) is 18.0. The molecule has 0 fully saturated rings. The first-order valence-electron chi connectivity index (χ1n) is 7.85. The number of hydrogen-bond donors (Lipinski definition) is 3. The lowest BCUT2D eigenvalue weighted by Gasteiger charge is -2.42. The van der Waals surface area contributed by atoms with Crippen molar-refractivity contribution < 1.29 is 15.0 Å². The fourth-order valence-corrected chi connectivity index (χ4v) is 3.42. The molecule has 2 aromatic carbocycles. The highest BCUT2D eigenvalue weighted by Crippen LogP contribution is 2.47. The topological polar surface area (TPSA) is 100 Å². The van der Waals surface area contributed by atoms with Crippen LogP contribution < -0.4 is 5.32 Å². The zero-order valence-corrected chi connectivity index (χ0v) is 13.1. The Morgan fingerprint density at radius 2 is 1.64 bits per heavy atom. The Morgan fingerprint density at radius 1 is 1.04 bits per heavy atom. The SMILES string of the molecule is O=C(O)[C@]1(O)[C@H](c2ccccc2)[C@H](c2ccccc2)Nc2ncnn21. The molecule has 0 unspecified atom stereocenters. The monoisotopic (exact) mass is 336 g/mol. The molecule has 3 N–H and O–H groups in total. The predicted molar refractivity (Wildman–Crippen MR) is 89.8 cm³/mol. The van der Waals surface area contributed by atoms with Crippen LogP contribution in [-0.2, 0) is 10.5 Å². The molecule has 7 nitrogen and oxygen atoms in total. The number of carboxylic acid groups (broad SMARTS) is 1. The normalized spacial score (nSPS) is 25.0. The van der Waals surface area contributed by atoms with Crippen molar-refractivity contribution in [1.29, 1.82) is 0 Å². The molecule has 4 rings (SSSR count). The van der Waals surface area contributed by atoms with Crippen molar-refractivity contribution in [2.75, 3.05) is 5.32 Å². The lowest BCUT2D eigenvalue weighted by atomic mass is 9.78. The molecule has 3 aromatic rings. The Morgan fingerprint density at radius 3 is 2.24 bits per heavy atom. The van der Waals surface area contributed by atoms with Crippen LogP contribution >= 0.6 is 0 Å². The van der Waals surface area contributed by atoms with E-state index in [0.717, 1.165) is 10.2 Å². The second-order valence-corrected chi connectivity index (χ2v) is 5.95. The Bertz CT molecular complexity index is 897. The number of nitrogens with zero attached hydrogens (tertiary/aromatic N) is 3. The van der Waals surface area contributed by atoms with Crippen LogP contribution in [0, 0.1) is 0 Å². The summed E-state index contributed by atoms with van der Waals surface area (Å²) in [6.45, 7) is 0. The van der Waals surface area contributed by atoms with Gasteiger partial charge < -0.3 is 15.5 Å². The van der Waals surface area contributed by atoms with Crippen molar-refractivity contribution in [3.05, 3.63) is 78.1 Å². The van der Waals surface area contributed by atoms with Crippen LogP contribution in [0.5, 0.6) is 0 Å².